The second-order valence-electron chi connectivity index (χ2n) is 6.42. The third-order valence-corrected chi connectivity index (χ3v) is 4.71. The third kappa shape index (κ3) is 2.86. The summed E-state index contributed by atoms with van der Waals surface area (Å²) in [5, 5.41) is 15.1. The predicted molar refractivity (Wildman–Crippen MR) is 93.1 cm³/mol. The van der Waals surface area contributed by atoms with Crippen molar-refractivity contribution in [3.63, 3.8) is 0 Å². The fourth-order valence-electron chi connectivity index (χ4n) is 3.42. The second kappa shape index (κ2) is 6.23. The van der Waals surface area contributed by atoms with E-state index in [1.807, 2.05) is 38.1 Å². The van der Waals surface area contributed by atoms with Gasteiger partial charge in [0.05, 0.1) is 12.6 Å². The number of hydrogen-bond donors (Lipinski definition) is 2. The molecule has 2 N–H and O–H groups in total. The molecule has 4 rings (SSSR count). The maximum Gasteiger partial charge on any atom is 0.315 e. The number of aryl methyl sites for hydroxylation is 2. The van der Waals surface area contributed by atoms with Gasteiger partial charge in [0.15, 0.2) is 5.82 Å². The van der Waals surface area contributed by atoms with E-state index in [2.05, 4.69) is 25.4 Å². The molecule has 0 saturated carbocycles. The maximum absolute atomic E-state index is 12.2. The minimum atomic E-state index is -0.247. The second-order valence-corrected chi connectivity index (χ2v) is 6.42. The van der Waals surface area contributed by atoms with E-state index in [-0.39, 0.29) is 12.1 Å². The number of aromatic nitrogens is 3. The Kier molecular flexibility index (Phi) is 3.91. The van der Waals surface area contributed by atoms with Crippen LogP contribution in [0.25, 0.3) is 11.0 Å². The maximum atomic E-state index is 12.2. The molecule has 7 nitrogen and oxygen atoms in total. The lowest BCUT2D eigenvalue weighted by Crippen LogP contribution is -2.37. The Labute approximate surface area is 145 Å². The summed E-state index contributed by atoms with van der Waals surface area (Å²) in [5.41, 5.74) is 1.89. The number of nitrogens with zero attached hydrogens (tertiary/aromatic N) is 3. The summed E-state index contributed by atoms with van der Waals surface area (Å²) in [6.45, 7) is 5.22. The molecule has 1 aromatic carbocycles. The van der Waals surface area contributed by atoms with Gasteiger partial charge in [0.1, 0.15) is 17.2 Å². The molecule has 1 atom stereocenters. The molecule has 0 aliphatic carbocycles. The van der Waals surface area contributed by atoms with E-state index < -0.39 is 0 Å². The van der Waals surface area contributed by atoms with Gasteiger partial charge >= 0.3 is 6.03 Å². The largest absolute Gasteiger partial charge is 0.459 e. The Morgan fingerprint density at radius 1 is 1.36 bits per heavy atom. The molecule has 25 heavy (non-hydrogen) atoms. The average molecular weight is 339 g/mol. The highest BCUT2D eigenvalue weighted by Crippen LogP contribution is 2.29. The lowest BCUT2D eigenvalue weighted by atomic mass is 10.1. The van der Waals surface area contributed by atoms with Crippen molar-refractivity contribution in [3.8, 4) is 0 Å². The summed E-state index contributed by atoms with van der Waals surface area (Å²) in [6.07, 6.45) is 2.05. The van der Waals surface area contributed by atoms with E-state index in [4.69, 9.17) is 4.42 Å². The normalized spacial score (nSPS) is 14.5. The lowest BCUT2D eigenvalue weighted by molar-refractivity contribution is 0.235. The van der Waals surface area contributed by atoms with Crippen LogP contribution in [0.1, 0.15) is 42.4 Å². The molecule has 0 unspecified atom stereocenters. The van der Waals surface area contributed by atoms with E-state index in [1.165, 1.54) is 0 Å². The highest BCUT2D eigenvalue weighted by molar-refractivity contribution is 5.82. The first kappa shape index (κ1) is 15.7. The number of urea groups is 1. The molecule has 130 valence electrons. The summed E-state index contributed by atoms with van der Waals surface area (Å²) in [4.78, 5) is 12.2. The first-order chi connectivity index (χ1) is 12.1. The van der Waals surface area contributed by atoms with Gasteiger partial charge < -0.3 is 19.6 Å². The standard InChI is InChI=1S/C18H21N5O2/c1-11-13-6-3-4-7-14(13)25-17(11)12(2)20-18(24)19-10-16-22-21-15-8-5-9-23(15)16/h3-4,6-7,12H,5,8-10H2,1-2H3,(H2,19,20,24)/t12-/m0/s1. The Bertz CT molecular complexity index is 927. The van der Waals surface area contributed by atoms with Crippen LogP contribution < -0.4 is 10.6 Å². The van der Waals surface area contributed by atoms with Gasteiger partial charge in [0.25, 0.3) is 0 Å². The summed E-state index contributed by atoms with van der Waals surface area (Å²) in [7, 11) is 0. The van der Waals surface area contributed by atoms with Crippen LogP contribution in [0.4, 0.5) is 4.79 Å². The lowest BCUT2D eigenvalue weighted by Gasteiger charge is -2.13. The van der Waals surface area contributed by atoms with Crippen molar-refractivity contribution in [1.82, 2.24) is 25.4 Å². The van der Waals surface area contributed by atoms with E-state index in [0.29, 0.717) is 6.54 Å². The Balaban J connectivity index is 1.40. The van der Waals surface area contributed by atoms with Crippen LogP contribution in [0.2, 0.25) is 0 Å². The summed E-state index contributed by atoms with van der Waals surface area (Å²) < 4.78 is 7.98. The van der Waals surface area contributed by atoms with Crippen LogP contribution in [-0.2, 0) is 19.5 Å². The third-order valence-electron chi connectivity index (χ3n) is 4.71. The van der Waals surface area contributed by atoms with Gasteiger partial charge in [-0.15, -0.1) is 10.2 Å². The smallest absolute Gasteiger partial charge is 0.315 e. The average Bonchev–Trinajstić information content (AvgIpc) is 3.28. The number of amides is 2. The van der Waals surface area contributed by atoms with Crippen LogP contribution in [0.15, 0.2) is 28.7 Å². The van der Waals surface area contributed by atoms with Gasteiger partial charge in [0.2, 0.25) is 0 Å². The van der Waals surface area contributed by atoms with Crippen molar-refractivity contribution < 1.29 is 9.21 Å². The van der Waals surface area contributed by atoms with Gasteiger partial charge in [-0.05, 0) is 26.3 Å². The predicted octanol–water partition coefficient (Wildman–Crippen LogP) is 2.84. The minimum absolute atomic E-state index is 0.225. The molecule has 0 bridgehead atoms. The van der Waals surface area contributed by atoms with Crippen molar-refractivity contribution in [2.24, 2.45) is 0 Å². The molecule has 0 saturated heterocycles. The topological polar surface area (TPSA) is 85.0 Å². The van der Waals surface area contributed by atoms with Crippen molar-refractivity contribution >= 4 is 17.0 Å². The number of benzene rings is 1. The summed E-state index contributed by atoms with van der Waals surface area (Å²) in [6, 6.07) is 7.41. The quantitative estimate of drug-likeness (QED) is 0.765. The molecular weight excluding hydrogens is 318 g/mol. The summed E-state index contributed by atoms with van der Waals surface area (Å²) in [5.74, 6) is 2.58. The number of carbonyl (C=O) groups excluding carboxylic acids is 1. The first-order valence-corrected chi connectivity index (χ1v) is 8.57. The molecule has 0 spiro atoms. The minimum Gasteiger partial charge on any atom is -0.459 e. The molecule has 1 aliphatic heterocycles. The van der Waals surface area contributed by atoms with E-state index >= 15 is 0 Å². The van der Waals surface area contributed by atoms with E-state index in [9.17, 15) is 4.79 Å². The van der Waals surface area contributed by atoms with Crippen molar-refractivity contribution in [2.45, 2.75) is 45.8 Å². The van der Waals surface area contributed by atoms with Crippen LogP contribution >= 0.6 is 0 Å². The van der Waals surface area contributed by atoms with Gasteiger partial charge in [0, 0.05) is 23.9 Å². The number of furan rings is 1. The Hall–Kier alpha value is -2.83. The Morgan fingerprint density at radius 3 is 3.04 bits per heavy atom. The molecular formula is C18H21N5O2. The van der Waals surface area contributed by atoms with Crippen molar-refractivity contribution in [3.05, 3.63) is 47.2 Å². The van der Waals surface area contributed by atoms with E-state index in [1.54, 1.807) is 0 Å². The summed E-state index contributed by atoms with van der Waals surface area (Å²) >= 11 is 0. The SMILES string of the molecule is Cc1c([C@H](C)NC(=O)NCc2nnc3n2CCC3)oc2ccccc12. The number of rotatable bonds is 4. The number of carbonyl (C=O) groups is 1. The molecule has 3 heterocycles. The van der Waals surface area contributed by atoms with Crippen molar-refractivity contribution in [2.75, 3.05) is 0 Å². The monoisotopic (exact) mass is 339 g/mol. The molecule has 3 aromatic rings. The highest BCUT2D eigenvalue weighted by atomic mass is 16.3. The van der Waals surface area contributed by atoms with Gasteiger partial charge in [-0.25, -0.2) is 4.79 Å². The van der Waals surface area contributed by atoms with Gasteiger partial charge in [-0.1, -0.05) is 18.2 Å². The van der Waals surface area contributed by atoms with E-state index in [0.717, 1.165) is 53.3 Å². The number of para-hydroxylation sites is 1. The van der Waals surface area contributed by atoms with Crippen LogP contribution in [-0.4, -0.2) is 20.8 Å². The van der Waals surface area contributed by atoms with Crippen LogP contribution in [0.3, 0.4) is 0 Å². The number of fused-ring (bicyclic) bond motifs is 2. The van der Waals surface area contributed by atoms with Gasteiger partial charge in [-0.2, -0.15) is 0 Å². The molecule has 0 radical (unpaired) electrons. The fourth-order valence-corrected chi connectivity index (χ4v) is 3.42. The number of nitrogens with one attached hydrogen (secondary N) is 2. The van der Waals surface area contributed by atoms with Crippen molar-refractivity contribution in [1.29, 1.82) is 0 Å². The zero-order chi connectivity index (χ0) is 17.4. The molecule has 2 amide bonds. The van der Waals surface area contributed by atoms with Gasteiger partial charge in [-0.3, -0.25) is 0 Å². The van der Waals surface area contributed by atoms with Crippen LogP contribution in [0.5, 0.6) is 0 Å². The highest BCUT2D eigenvalue weighted by Gasteiger charge is 2.20. The zero-order valence-electron chi connectivity index (χ0n) is 14.4. The Morgan fingerprint density at radius 2 is 2.20 bits per heavy atom. The number of hydrogen-bond acceptors (Lipinski definition) is 4. The fraction of sp³-hybridized carbons (Fsp3) is 0.389. The molecule has 0 fully saturated rings. The van der Waals surface area contributed by atoms with Crippen LogP contribution in [0, 0.1) is 6.92 Å². The molecule has 7 heteroatoms. The zero-order valence-corrected chi connectivity index (χ0v) is 14.4. The first-order valence-electron chi connectivity index (χ1n) is 8.57. The molecule has 2 aromatic heterocycles. The molecule has 1 aliphatic rings.